The van der Waals surface area contributed by atoms with Gasteiger partial charge in [-0.25, -0.2) is 0 Å². The van der Waals surface area contributed by atoms with Crippen molar-refractivity contribution in [1.29, 1.82) is 0 Å². The van der Waals surface area contributed by atoms with Crippen LogP contribution in [0.4, 0.5) is 5.69 Å². The lowest BCUT2D eigenvalue weighted by atomic mass is 9.98. The second kappa shape index (κ2) is 3.92. The van der Waals surface area contributed by atoms with Crippen molar-refractivity contribution in [3.63, 3.8) is 0 Å². The number of hydrogen-bond acceptors (Lipinski definition) is 1. The Bertz CT molecular complexity index is 557. The second-order valence-corrected chi connectivity index (χ2v) is 4.92. The van der Waals surface area contributed by atoms with E-state index in [1.165, 1.54) is 27.9 Å². The molecule has 0 aromatic heterocycles. The molecule has 2 aromatic rings. The Kier molecular flexibility index (Phi) is 2.40. The van der Waals surface area contributed by atoms with Crippen molar-refractivity contribution in [2.24, 2.45) is 0 Å². The fraction of sp³-hybridized carbons (Fsp3) is 0.250. The smallest absolute Gasteiger partial charge is 0.0557 e. The van der Waals surface area contributed by atoms with Gasteiger partial charge < -0.3 is 5.32 Å². The van der Waals surface area contributed by atoms with E-state index in [-0.39, 0.29) is 0 Å². The van der Waals surface area contributed by atoms with Crippen molar-refractivity contribution < 1.29 is 0 Å². The Morgan fingerprint density at radius 3 is 2.71 bits per heavy atom. The molecule has 2 aromatic carbocycles. The van der Waals surface area contributed by atoms with Gasteiger partial charge in [-0.05, 0) is 48.6 Å². The molecule has 1 heteroatoms. The SMILES string of the molecule is Cc1ccc2c(c1)NC(c1ccccc1C)C2. The van der Waals surface area contributed by atoms with Crippen LogP contribution in [0.2, 0.25) is 0 Å². The van der Waals surface area contributed by atoms with Gasteiger partial charge in [-0.1, -0.05) is 36.4 Å². The summed E-state index contributed by atoms with van der Waals surface area (Å²) in [4.78, 5) is 0. The molecule has 86 valence electrons. The Morgan fingerprint density at radius 2 is 1.88 bits per heavy atom. The van der Waals surface area contributed by atoms with Crippen LogP contribution in [0.15, 0.2) is 42.5 Å². The van der Waals surface area contributed by atoms with Gasteiger partial charge in [-0.15, -0.1) is 0 Å². The first-order chi connectivity index (χ1) is 8.24. The average molecular weight is 223 g/mol. The summed E-state index contributed by atoms with van der Waals surface area (Å²) in [7, 11) is 0. The summed E-state index contributed by atoms with van der Waals surface area (Å²) >= 11 is 0. The van der Waals surface area contributed by atoms with Gasteiger partial charge in [0.1, 0.15) is 0 Å². The molecule has 1 heterocycles. The molecule has 17 heavy (non-hydrogen) atoms. The number of fused-ring (bicyclic) bond motifs is 1. The predicted molar refractivity (Wildman–Crippen MR) is 72.4 cm³/mol. The highest BCUT2D eigenvalue weighted by Crippen LogP contribution is 2.35. The third-order valence-electron chi connectivity index (χ3n) is 3.58. The summed E-state index contributed by atoms with van der Waals surface area (Å²) < 4.78 is 0. The van der Waals surface area contributed by atoms with Crippen molar-refractivity contribution in [3.05, 3.63) is 64.7 Å². The lowest BCUT2D eigenvalue weighted by Crippen LogP contribution is -2.07. The van der Waals surface area contributed by atoms with Crippen LogP contribution >= 0.6 is 0 Å². The van der Waals surface area contributed by atoms with Gasteiger partial charge >= 0.3 is 0 Å². The Labute approximate surface area is 102 Å². The molecule has 1 N–H and O–H groups in total. The summed E-state index contributed by atoms with van der Waals surface area (Å²) in [6, 6.07) is 15.8. The molecule has 1 aliphatic rings. The summed E-state index contributed by atoms with van der Waals surface area (Å²) in [6.45, 7) is 4.33. The lowest BCUT2D eigenvalue weighted by molar-refractivity contribution is 0.816. The molecule has 3 rings (SSSR count). The van der Waals surface area contributed by atoms with E-state index in [0.717, 1.165) is 6.42 Å². The van der Waals surface area contributed by atoms with Crippen LogP contribution < -0.4 is 5.32 Å². The number of nitrogens with one attached hydrogen (secondary N) is 1. The number of benzene rings is 2. The standard InChI is InChI=1S/C16H17N/c1-11-7-8-13-10-16(17-15(13)9-11)14-6-4-3-5-12(14)2/h3-9,16-17H,10H2,1-2H3. The van der Waals surface area contributed by atoms with Gasteiger partial charge in [-0.3, -0.25) is 0 Å². The van der Waals surface area contributed by atoms with Gasteiger partial charge in [0, 0.05) is 5.69 Å². The molecule has 0 spiro atoms. The fourth-order valence-corrected chi connectivity index (χ4v) is 2.63. The van der Waals surface area contributed by atoms with Gasteiger partial charge in [0.05, 0.1) is 6.04 Å². The molecule has 0 bridgehead atoms. The summed E-state index contributed by atoms with van der Waals surface area (Å²) in [5, 5.41) is 3.63. The summed E-state index contributed by atoms with van der Waals surface area (Å²) in [5.74, 6) is 0. The molecule has 1 atom stereocenters. The first-order valence-electron chi connectivity index (χ1n) is 6.15. The molecular weight excluding hydrogens is 206 g/mol. The fourth-order valence-electron chi connectivity index (χ4n) is 2.63. The quantitative estimate of drug-likeness (QED) is 0.770. The van der Waals surface area contributed by atoms with Crippen molar-refractivity contribution in [2.45, 2.75) is 26.3 Å². The van der Waals surface area contributed by atoms with Crippen molar-refractivity contribution in [3.8, 4) is 0 Å². The van der Waals surface area contributed by atoms with E-state index in [2.05, 4.69) is 61.6 Å². The number of rotatable bonds is 1. The number of hydrogen-bond donors (Lipinski definition) is 1. The molecule has 1 aliphatic heterocycles. The highest BCUT2D eigenvalue weighted by atomic mass is 14.9. The highest BCUT2D eigenvalue weighted by Gasteiger charge is 2.22. The third kappa shape index (κ3) is 1.82. The molecule has 0 radical (unpaired) electrons. The van der Waals surface area contributed by atoms with E-state index in [1.54, 1.807) is 0 Å². The monoisotopic (exact) mass is 223 g/mol. The zero-order valence-electron chi connectivity index (χ0n) is 10.3. The van der Waals surface area contributed by atoms with E-state index in [9.17, 15) is 0 Å². The minimum absolute atomic E-state index is 0.438. The van der Waals surface area contributed by atoms with E-state index in [0.29, 0.717) is 6.04 Å². The largest absolute Gasteiger partial charge is 0.378 e. The second-order valence-electron chi connectivity index (χ2n) is 4.92. The lowest BCUT2D eigenvalue weighted by Gasteiger charge is -2.14. The van der Waals surface area contributed by atoms with Gasteiger partial charge in [-0.2, -0.15) is 0 Å². The molecular formula is C16H17N. The minimum atomic E-state index is 0.438. The molecule has 0 saturated heterocycles. The predicted octanol–water partition coefficient (Wildman–Crippen LogP) is 4.01. The minimum Gasteiger partial charge on any atom is -0.378 e. The van der Waals surface area contributed by atoms with Crippen LogP contribution in [0.1, 0.15) is 28.3 Å². The van der Waals surface area contributed by atoms with Crippen LogP contribution in [0.5, 0.6) is 0 Å². The van der Waals surface area contributed by atoms with Crippen molar-refractivity contribution in [2.75, 3.05) is 5.32 Å². The summed E-state index contributed by atoms with van der Waals surface area (Å²) in [5.41, 5.74) is 6.85. The van der Waals surface area contributed by atoms with Crippen LogP contribution in [0, 0.1) is 13.8 Å². The van der Waals surface area contributed by atoms with Crippen LogP contribution in [0.3, 0.4) is 0 Å². The highest BCUT2D eigenvalue weighted by molar-refractivity contribution is 5.60. The maximum Gasteiger partial charge on any atom is 0.0557 e. The van der Waals surface area contributed by atoms with Crippen LogP contribution in [-0.2, 0) is 6.42 Å². The van der Waals surface area contributed by atoms with Gasteiger partial charge in [0.2, 0.25) is 0 Å². The summed E-state index contributed by atoms with van der Waals surface area (Å²) in [6.07, 6.45) is 1.10. The topological polar surface area (TPSA) is 12.0 Å². The molecule has 0 aliphatic carbocycles. The zero-order valence-corrected chi connectivity index (χ0v) is 10.3. The van der Waals surface area contributed by atoms with Crippen LogP contribution in [-0.4, -0.2) is 0 Å². The number of anilines is 1. The Hall–Kier alpha value is -1.76. The van der Waals surface area contributed by atoms with Crippen molar-refractivity contribution >= 4 is 5.69 Å². The zero-order chi connectivity index (χ0) is 11.8. The molecule has 0 fully saturated rings. The van der Waals surface area contributed by atoms with Gasteiger partial charge in [0.25, 0.3) is 0 Å². The number of aryl methyl sites for hydroxylation is 2. The van der Waals surface area contributed by atoms with E-state index in [1.807, 2.05) is 0 Å². The first kappa shape index (κ1) is 10.4. The normalized spacial score (nSPS) is 17.6. The molecule has 0 amide bonds. The Balaban J connectivity index is 1.94. The third-order valence-corrected chi connectivity index (χ3v) is 3.58. The van der Waals surface area contributed by atoms with E-state index < -0.39 is 0 Å². The molecule has 1 nitrogen and oxygen atoms in total. The van der Waals surface area contributed by atoms with E-state index in [4.69, 9.17) is 0 Å². The van der Waals surface area contributed by atoms with Crippen molar-refractivity contribution in [1.82, 2.24) is 0 Å². The van der Waals surface area contributed by atoms with Gasteiger partial charge in [0.15, 0.2) is 0 Å². The maximum absolute atomic E-state index is 3.63. The first-order valence-corrected chi connectivity index (χ1v) is 6.15. The molecule has 0 saturated carbocycles. The average Bonchev–Trinajstić information content (AvgIpc) is 2.72. The maximum atomic E-state index is 3.63. The Morgan fingerprint density at radius 1 is 1.06 bits per heavy atom. The molecule has 1 unspecified atom stereocenters. The van der Waals surface area contributed by atoms with E-state index >= 15 is 0 Å². The van der Waals surface area contributed by atoms with Crippen LogP contribution in [0.25, 0.3) is 0 Å².